The number of rotatable bonds is 1. The van der Waals surface area contributed by atoms with E-state index in [2.05, 4.69) is 0 Å². The van der Waals surface area contributed by atoms with Crippen LogP contribution in [0.25, 0.3) is 0 Å². The molecule has 0 saturated carbocycles. The van der Waals surface area contributed by atoms with E-state index in [1.54, 1.807) is 0 Å². The van der Waals surface area contributed by atoms with Crippen molar-refractivity contribution in [2.75, 3.05) is 0 Å². The van der Waals surface area contributed by atoms with Gasteiger partial charge >= 0.3 is 0 Å². The van der Waals surface area contributed by atoms with Crippen molar-refractivity contribution in [2.45, 2.75) is 34.2 Å². The van der Waals surface area contributed by atoms with Crippen molar-refractivity contribution in [2.24, 2.45) is 5.73 Å². The van der Waals surface area contributed by atoms with E-state index in [4.69, 9.17) is 5.73 Å². The van der Waals surface area contributed by atoms with Gasteiger partial charge in [-0.05, 0) is 5.56 Å². The van der Waals surface area contributed by atoms with Crippen molar-refractivity contribution in [1.29, 1.82) is 0 Å². The molecular weight excluding hydrogens is 146 g/mol. The van der Waals surface area contributed by atoms with Crippen LogP contribution in [0.5, 0.6) is 0 Å². The third kappa shape index (κ3) is 7.29. The summed E-state index contributed by atoms with van der Waals surface area (Å²) in [6.45, 7) is 8.64. The lowest BCUT2D eigenvalue weighted by Gasteiger charge is -1.90. The average molecular weight is 167 g/mol. The van der Waals surface area contributed by atoms with E-state index in [0.717, 1.165) is 0 Å². The first-order chi connectivity index (χ1) is 5.93. The molecule has 0 atom stereocenters. The standard InChI is InChI=1S/C7H9N.2C2H6/c8-6-7-4-2-1-3-5-7;2*1-2/h1-5H,6,8H2;2*1-2H3. The normalized spacial score (nSPS) is 7.08. The molecule has 0 saturated heterocycles. The molecule has 1 aromatic carbocycles. The van der Waals surface area contributed by atoms with Crippen LogP contribution in [-0.2, 0) is 6.54 Å². The molecular formula is C11H21N. The molecule has 0 fully saturated rings. The Labute approximate surface area is 76.6 Å². The third-order valence-corrected chi connectivity index (χ3v) is 1.08. The van der Waals surface area contributed by atoms with Crippen molar-refractivity contribution in [3.8, 4) is 0 Å². The van der Waals surface area contributed by atoms with Crippen molar-refractivity contribution >= 4 is 0 Å². The SMILES string of the molecule is CC.CC.NCc1ccccc1. The molecule has 0 aliphatic heterocycles. The quantitative estimate of drug-likeness (QED) is 0.683. The van der Waals surface area contributed by atoms with Crippen LogP contribution >= 0.6 is 0 Å². The zero-order chi connectivity index (χ0) is 9.82. The van der Waals surface area contributed by atoms with Crippen molar-refractivity contribution in [3.05, 3.63) is 35.9 Å². The Bertz CT molecular complexity index is 146. The number of hydrogen-bond acceptors (Lipinski definition) is 1. The van der Waals surface area contributed by atoms with Gasteiger partial charge in [0.2, 0.25) is 0 Å². The van der Waals surface area contributed by atoms with Gasteiger partial charge in [0.05, 0.1) is 0 Å². The molecule has 0 aliphatic rings. The van der Waals surface area contributed by atoms with Gasteiger partial charge < -0.3 is 5.73 Å². The predicted molar refractivity (Wildman–Crippen MR) is 57.0 cm³/mol. The van der Waals surface area contributed by atoms with Gasteiger partial charge in [-0.15, -0.1) is 0 Å². The summed E-state index contributed by atoms with van der Waals surface area (Å²) in [5, 5.41) is 0. The minimum atomic E-state index is 0.640. The summed E-state index contributed by atoms with van der Waals surface area (Å²) in [5.74, 6) is 0. The van der Waals surface area contributed by atoms with Gasteiger partial charge in [0.15, 0.2) is 0 Å². The van der Waals surface area contributed by atoms with Gasteiger partial charge in [0.1, 0.15) is 0 Å². The lowest BCUT2D eigenvalue weighted by molar-refractivity contribution is 1.07. The van der Waals surface area contributed by atoms with Crippen LogP contribution in [0.4, 0.5) is 0 Å². The van der Waals surface area contributed by atoms with Crippen LogP contribution in [0.1, 0.15) is 33.3 Å². The van der Waals surface area contributed by atoms with E-state index in [1.165, 1.54) is 5.56 Å². The topological polar surface area (TPSA) is 26.0 Å². The van der Waals surface area contributed by atoms with Crippen LogP contribution in [0.2, 0.25) is 0 Å². The number of hydrogen-bond donors (Lipinski definition) is 1. The maximum atomic E-state index is 5.35. The largest absolute Gasteiger partial charge is 0.326 e. The third-order valence-electron chi connectivity index (χ3n) is 1.08. The van der Waals surface area contributed by atoms with Crippen LogP contribution in [0, 0.1) is 0 Å². The molecule has 0 spiro atoms. The smallest absolute Gasteiger partial charge is 0.0178 e. The van der Waals surface area contributed by atoms with Crippen LogP contribution in [0.3, 0.4) is 0 Å². The fraction of sp³-hybridized carbons (Fsp3) is 0.455. The molecule has 0 radical (unpaired) electrons. The molecule has 0 bridgehead atoms. The highest BCUT2D eigenvalue weighted by Gasteiger charge is 1.80. The zero-order valence-corrected chi connectivity index (χ0v) is 8.67. The Kier molecular flexibility index (Phi) is 14.7. The highest BCUT2D eigenvalue weighted by Crippen LogP contribution is 1.94. The first-order valence-electron chi connectivity index (χ1n) is 4.67. The number of nitrogens with two attached hydrogens (primary N) is 1. The summed E-state index contributed by atoms with van der Waals surface area (Å²) in [6, 6.07) is 9.99. The molecule has 0 aliphatic carbocycles. The number of benzene rings is 1. The minimum Gasteiger partial charge on any atom is -0.326 e. The highest BCUT2D eigenvalue weighted by molar-refractivity contribution is 5.13. The van der Waals surface area contributed by atoms with E-state index in [1.807, 2.05) is 58.0 Å². The highest BCUT2D eigenvalue weighted by atomic mass is 14.5. The van der Waals surface area contributed by atoms with Crippen LogP contribution < -0.4 is 5.73 Å². The second-order valence-electron chi connectivity index (χ2n) is 1.69. The molecule has 1 rings (SSSR count). The maximum Gasteiger partial charge on any atom is 0.0178 e. The first-order valence-corrected chi connectivity index (χ1v) is 4.67. The van der Waals surface area contributed by atoms with Gasteiger partial charge in [0.25, 0.3) is 0 Å². The molecule has 1 nitrogen and oxygen atoms in total. The van der Waals surface area contributed by atoms with Gasteiger partial charge in [-0.2, -0.15) is 0 Å². The predicted octanol–water partition coefficient (Wildman–Crippen LogP) is 3.20. The first kappa shape index (κ1) is 13.7. The van der Waals surface area contributed by atoms with E-state index in [0.29, 0.717) is 6.54 Å². The summed E-state index contributed by atoms with van der Waals surface area (Å²) in [7, 11) is 0. The summed E-state index contributed by atoms with van der Waals surface area (Å²) in [5.41, 5.74) is 6.54. The molecule has 0 unspecified atom stereocenters. The summed E-state index contributed by atoms with van der Waals surface area (Å²) in [6.07, 6.45) is 0. The summed E-state index contributed by atoms with van der Waals surface area (Å²) >= 11 is 0. The Morgan fingerprint density at radius 3 is 1.58 bits per heavy atom. The summed E-state index contributed by atoms with van der Waals surface area (Å²) < 4.78 is 0. The molecule has 2 N–H and O–H groups in total. The molecule has 1 aromatic rings. The Morgan fingerprint density at radius 1 is 0.917 bits per heavy atom. The summed E-state index contributed by atoms with van der Waals surface area (Å²) in [4.78, 5) is 0. The van der Waals surface area contributed by atoms with Crippen molar-refractivity contribution < 1.29 is 0 Å². The molecule has 12 heavy (non-hydrogen) atoms. The van der Waals surface area contributed by atoms with E-state index >= 15 is 0 Å². The second-order valence-corrected chi connectivity index (χ2v) is 1.69. The molecule has 0 heterocycles. The molecule has 70 valence electrons. The molecule has 0 amide bonds. The fourth-order valence-corrected chi connectivity index (χ4v) is 0.614. The molecule has 0 aromatic heterocycles. The monoisotopic (exact) mass is 167 g/mol. The minimum absolute atomic E-state index is 0.640. The second kappa shape index (κ2) is 12.8. The lowest BCUT2D eigenvalue weighted by Crippen LogP contribution is -1.94. The Hall–Kier alpha value is -0.820. The fourth-order valence-electron chi connectivity index (χ4n) is 0.614. The van der Waals surface area contributed by atoms with Gasteiger partial charge in [-0.3, -0.25) is 0 Å². The van der Waals surface area contributed by atoms with Gasteiger partial charge in [-0.1, -0.05) is 58.0 Å². The van der Waals surface area contributed by atoms with Crippen LogP contribution in [0.15, 0.2) is 30.3 Å². The Balaban J connectivity index is 0. The average Bonchev–Trinajstić information content (AvgIpc) is 2.25. The van der Waals surface area contributed by atoms with E-state index in [-0.39, 0.29) is 0 Å². The Morgan fingerprint density at radius 2 is 1.33 bits per heavy atom. The maximum absolute atomic E-state index is 5.35. The molecule has 1 heteroatoms. The van der Waals surface area contributed by atoms with E-state index < -0.39 is 0 Å². The van der Waals surface area contributed by atoms with Crippen molar-refractivity contribution in [1.82, 2.24) is 0 Å². The van der Waals surface area contributed by atoms with Crippen molar-refractivity contribution in [3.63, 3.8) is 0 Å². The van der Waals surface area contributed by atoms with Crippen LogP contribution in [-0.4, -0.2) is 0 Å². The van der Waals surface area contributed by atoms with Gasteiger partial charge in [0, 0.05) is 6.54 Å². The zero-order valence-electron chi connectivity index (χ0n) is 8.67. The van der Waals surface area contributed by atoms with Gasteiger partial charge in [-0.25, -0.2) is 0 Å². The van der Waals surface area contributed by atoms with E-state index in [9.17, 15) is 0 Å². The lowest BCUT2D eigenvalue weighted by atomic mass is 10.2.